The molecule has 1 fully saturated rings. The quantitative estimate of drug-likeness (QED) is 0.835. The minimum atomic E-state index is -0.273. The lowest BCUT2D eigenvalue weighted by molar-refractivity contribution is 0.162. The van der Waals surface area contributed by atoms with Crippen molar-refractivity contribution >= 4 is 10.9 Å². The molecule has 0 aliphatic carbocycles. The van der Waals surface area contributed by atoms with Crippen molar-refractivity contribution in [2.75, 3.05) is 13.1 Å². The number of nitrogens with zero attached hydrogens (tertiary/aromatic N) is 1. The molecule has 4 nitrogen and oxygen atoms in total. The first-order valence-corrected chi connectivity index (χ1v) is 5.84. The van der Waals surface area contributed by atoms with E-state index in [1.807, 2.05) is 0 Å². The van der Waals surface area contributed by atoms with Gasteiger partial charge >= 0.3 is 0 Å². The van der Waals surface area contributed by atoms with Gasteiger partial charge in [0.1, 0.15) is 11.9 Å². The standard InChI is InChI=1S/C12H14FN3O/c13-8-3-4-11-10(6-8)12(16-15-11)17-9-2-1-5-14-7-9/h3-4,6,9,14H,1-2,5,7H2,(H,15,16). The van der Waals surface area contributed by atoms with Crippen molar-refractivity contribution in [2.45, 2.75) is 18.9 Å². The highest BCUT2D eigenvalue weighted by molar-refractivity contribution is 5.83. The van der Waals surface area contributed by atoms with E-state index >= 15 is 0 Å². The maximum Gasteiger partial charge on any atom is 0.240 e. The predicted molar refractivity (Wildman–Crippen MR) is 62.6 cm³/mol. The van der Waals surface area contributed by atoms with Crippen molar-refractivity contribution in [1.82, 2.24) is 15.5 Å². The van der Waals surface area contributed by atoms with Gasteiger partial charge in [-0.05, 0) is 37.6 Å². The molecule has 2 N–H and O–H groups in total. The molecule has 17 heavy (non-hydrogen) atoms. The number of halogens is 1. The lowest BCUT2D eigenvalue weighted by Gasteiger charge is -2.22. The normalized spacial score (nSPS) is 20.6. The number of piperidine rings is 1. The van der Waals surface area contributed by atoms with Crippen LogP contribution in [0.3, 0.4) is 0 Å². The summed E-state index contributed by atoms with van der Waals surface area (Å²) in [6, 6.07) is 4.53. The van der Waals surface area contributed by atoms with Crippen LogP contribution in [0.5, 0.6) is 5.88 Å². The molecule has 1 aromatic carbocycles. The molecule has 5 heteroatoms. The molecule has 0 bridgehead atoms. The smallest absolute Gasteiger partial charge is 0.240 e. The number of ether oxygens (including phenoxy) is 1. The largest absolute Gasteiger partial charge is 0.472 e. The highest BCUT2D eigenvalue weighted by atomic mass is 19.1. The number of H-pyrrole nitrogens is 1. The SMILES string of the molecule is Fc1ccc2[nH]nc(OC3CCCNC3)c2c1. The fourth-order valence-electron chi connectivity index (χ4n) is 2.13. The third-order valence-corrected chi connectivity index (χ3v) is 3.02. The zero-order valence-corrected chi connectivity index (χ0v) is 9.37. The van der Waals surface area contributed by atoms with Crippen LogP contribution in [0.2, 0.25) is 0 Å². The van der Waals surface area contributed by atoms with Crippen LogP contribution >= 0.6 is 0 Å². The average Bonchev–Trinajstić information content (AvgIpc) is 2.73. The molecule has 0 radical (unpaired) electrons. The Balaban J connectivity index is 1.86. The molecule has 1 unspecified atom stereocenters. The van der Waals surface area contributed by atoms with Crippen LogP contribution in [-0.4, -0.2) is 29.4 Å². The summed E-state index contributed by atoms with van der Waals surface area (Å²) in [5.74, 6) is 0.221. The summed E-state index contributed by atoms with van der Waals surface area (Å²) in [7, 11) is 0. The van der Waals surface area contributed by atoms with Crippen LogP contribution in [-0.2, 0) is 0 Å². The number of rotatable bonds is 2. The van der Waals surface area contributed by atoms with Gasteiger partial charge in [-0.15, -0.1) is 5.10 Å². The maximum atomic E-state index is 13.2. The van der Waals surface area contributed by atoms with Gasteiger partial charge in [-0.3, -0.25) is 5.10 Å². The second-order valence-corrected chi connectivity index (χ2v) is 4.30. The number of nitrogens with one attached hydrogen (secondary N) is 2. The molecule has 1 aliphatic rings. The summed E-state index contributed by atoms with van der Waals surface area (Å²) in [5.41, 5.74) is 0.796. The van der Waals surface area contributed by atoms with Crippen LogP contribution in [0.4, 0.5) is 4.39 Å². The number of benzene rings is 1. The summed E-state index contributed by atoms with van der Waals surface area (Å²) < 4.78 is 19.0. The monoisotopic (exact) mass is 235 g/mol. The van der Waals surface area contributed by atoms with Gasteiger partial charge in [-0.1, -0.05) is 0 Å². The third-order valence-electron chi connectivity index (χ3n) is 3.02. The summed E-state index contributed by atoms with van der Waals surface area (Å²) in [4.78, 5) is 0. The average molecular weight is 235 g/mol. The van der Waals surface area contributed by atoms with E-state index in [0.717, 1.165) is 31.4 Å². The molecule has 3 rings (SSSR count). The van der Waals surface area contributed by atoms with Crippen LogP contribution < -0.4 is 10.1 Å². The Morgan fingerprint density at radius 2 is 2.35 bits per heavy atom. The summed E-state index contributed by atoms with van der Waals surface area (Å²) in [6.45, 7) is 1.86. The summed E-state index contributed by atoms with van der Waals surface area (Å²) in [6.07, 6.45) is 2.23. The number of hydrogen-bond acceptors (Lipinski definition) is 3. The van der Waals surface area contributed by atoms with Crippen molar-refractivity contribution in [3.8, 4) is 5.88 Å². The molecule has 1 saturated heterocycles. The van der Waals surface area contributed by atoms with Gasteiger partial charge in [-0.25, -0.2) is 4.39 Å². The number of hydrogen-bond donors (Lipinski definition) is 2. The zero-order chi connectivity index (χ0) is 11.7. The third kappa shape index (κ3) is 2.10. The van der Waals surface area contributed by atoms with Crippen molar-refractivity contribution in [1.29, 1.82) is 0 Å². The van der Waals surface area contributed by atoms with Gasteiger partial charge in [0.05, 0.1) is 10.9 Å². The highest BCUT2D eigenvalue weighted by Crippen LogP contribution is 2.25. The van der Waals surface area contributed by atoms with Crippen molar-refractivity contribution in [3.05, 3.63) is 24.0 Å². The molecular formula is C12H14FN3O. The van der Waals surface area contributed by atoms with E-state index in [0.29, 0.717) is 11.3 Å². The first-order chi connectivity index (χ1) is 8.33. The molecule has 1 atom stereocenters. The Morgan fingerprint density at radius 1 is 1.41 bits per heavy atom. The molecule has 1 aliphatic heterocycles. The predicted octanol–water partition coefficient (Wildman–Crippen LogP) is 1.83. The van der Waals surface area contributed by atoms with E-state index in [9.17, 15) is 4.39 Å². The van der Waals surface area contributed by atoms with Crippen molar-refractivity contribution in [3.63, 3.8) is 0 Å². The molecule has 2 heterocycles. The summed E-state index contributed by atoms with van der Waals surface area (Å²) in [5, 5.41) is 10.9. The van der Waals surface area contributed by atoms with E-state index in [1.54, 1.807) is 6.07 Å². The minimum Gasteiger partial charge on any atom is -0.472 e. The van der Waals surface area contributed by atoms with Gasteiger partial charge in [-0.2, -0.15) is 0 Å². The van der Waals surface area contributed by atoms with Crippen LogP contribution in [0.25, 0.3) is 10.9 Å². The molecule has 90 valence electrons. The zero-order valence-electron chi connectivity index (χ0n) is 9.37. The number of fused-ring (bicyclic) bond motifs is 1. The lowest BCUT2D eigenvalue weighted by atomic mass is 10.1. The van der Waals surface area contributed by atoms with Crippen LogP contribution in [0.15, 0.2) is 18.2 Å². The van der Waals surface area contributed by atoms with Crippen LogP contribution in [0, 0.1) is 5.82 Å². The second-order valence-electron chi connectivity index (χ2n) is 4.30. The fourth-order valence-corrected chi connectivity index (χ4v) is 2.13. The molecule has 0 saturated carbocycles. The molecule has 1 aromatic heterocycles. The van der Waals surface area contributed by atoms with Crippen LogP contribution in [0.1, 0.15) is 12.8 Å². The molecule has 0 amide bonds. The highest BCUT2D eigenvalue weighted by Gasteiger charge is 2.17. The Morgan fingerprint density at radius 3 is 3.18 bits per heavy atom. The van der Waals surface area contributed by atoms with E-state index in [1.165, 1.54) is 12.1 Å². The number of aromatic nitrogens is 2. The molecule has 0 spiro atoms. The minimum absolute atomic E-state index is 0.124. The Kier molecular flexibility index (Phi) is 2.68. The maximum absolute atomic E-state index is 13.2. The Labute approximate surface area is 98.2 Å². The Bertz CT molecular complexity index is 519. The van der Waals surface area contributed by atoms with Gasteiger partial charge < -0.3 is 10.1 Å². The molecular weight excluding hydrogens is 221 g/mol. The van der Waals surface area contributed by atoms with E-state index in [2.05, 4.69) is 15.5 Å². The first-order valence-electron chi connectivity index (χ1n) is 5.84. The fraction of sp³-hybridized carbons (Fsp3) is 0.417. The van der Waals surface area contributed by atoms with Gasteiger partial charge in [0, 0.05) is 6.54 Å². The van der Waals surface area contributed by atoms with E-state index < -0.39 is 0 Å². The van der Waals surface area contributed by atoms with Gasteiger partial charge in [0.15, 0.2) is 0 Å². The first kappa shape index (κ1) is 10.5. The number of aromatic amines is 1. The van der Waals surface area contributed by atoms with E-state index in [-0.39, 0.29) is 11.9 Å². The van der Waals surface area contributed by atoms with Crippen molar-refractivity contribution < 1.29 is 9.13 Å². The lowest BCUT2D eigenvalue weighted by Crippen LogP contribution is -2.37. The van der Waals surface area contributed by atoms with Crippen molar-refractivity contribution in [2.24, 2.45) is 0 Å². The van der Waals surface area contributed by atoms with Gasteiger partial charge in [0.25, 0.3) is 0 Å². The summed E-state index contributed by atoms with van der Waals surface area (Å²) >= 11 is 0. The van der Waals surface area contributed by atoms with E-state index in [4.69, 9.17) is 4.74 Å². The molecule has 2 aromatic rings. The van der Waals surface area contributed by atoms with Gasteiger partial charge in [0.2, 0.25) is 5.88 Å². The topological polar surface area (TPSA) is 49.9 Å². The Hall–Kier alpha value is -1.62. The second kappa shape index (κ2) is 4.33.